The predicted octanol–water partition coefficient (Wildman–Crippen LogP) is 1.77. The van der Waals surface area contributed by atoms with Crippen LogP contribution in [0.25, 0.3) is 0 Å². The molecule has 0 saturated carbocycles. The van der Waals surface area contributed by atoms with E-state index in [4.69, 9.17) is 10.9 Å². The molecule has 4 N–H and O–H groups in total. The van der Waals surface area contributed by atoms with Gasteiger partial charge in [0.05, 0.1) is 0 Å². The summed E-state index contributed by atoms with van der Waals surface area (Å²) in [6, 6.07) is 9.57. The number of nitrogens with one attached hydrogen (secondary N) is 1. The fourth-order valence-corrected chi connectivity index (χ4v) is 1.99. The van der Waals surface area contributed by atoms with E-state index >= 15 is 0 Å². The second kappa shape index (κ2) is 6.68. The van der Waals surface area contributed by atoms with Gasteiger partial charge < -0.3 is 16.3 Å². The van der Waals surface area contributed by atoms with Crippen LogP contribution < -0.4 is 11.1 Å². The maximum absolute atomic E-state index is 8.79. The van der Waals surface area contributed by atoms with Gasteiger partial charge in [-0.2, -0.15) is 0 Å². The van der Waals surface area contributed by atoms with Crippen molar-refractivity contribution < 1.29 is 5.21 Å². The number of hydrogen-bond acceptors (Lipinski definition) is 4. The van der Waals surface area contributed by atoms with Gasteiger partial charge in [-0.15, -0.1) is 0 Å². The molecule has 0 aliphatic heterocycles. The number of aromatic nitrogens is 1. The summed E-state index contributed by atoms with van der Waals surface area (Å²) >= 11 is 0. The van der Waals surface area contributed by atoms with E-state index < -0.39 is 0 Å². The highest BCUT2D eigenvalue weighted by atomic mass is 16.4. The molecular weight excluding hydrogens is 252 g/mol. The molecule has 0 unspecified atom stereocenters. The minimum Gasteiger partial charge on any atom is -0.409 e. The Morgan fingerprint density at radius 1 is 1.25 bits per heavy atom. The van der Waals surface area contributed by atoms with Crippen molar-refractivity contribution in [3.63, 3.8) is 0 Å². The molecule has 5 heteroatoms. The first-order chi connectivity index (χ1) is 9.72. The van der Waals surface area contributed by atoms with Crippen molar-refractivity contribution in [2.45, 2.75) is 20.0 Å². The second-order valence-electron chi connectivity index (χ2n) is 4.55. The lowest BCUT2D eigenvalue weighted by Crippen LogP contribution is -2.20. The Kier molecular flexibility index (Phi) is 4.68. The van der Waals surface area contributed by atoms with Crippen molar-refractivity contribution in [1.29, 1.82) is 0 Å². The Labute approximate surface area is 118 Å². The predicted molar refractivity (Wildman–Crippen MR) is 78.5 cm³/mol. The highest BCUT2D eigenvalue weighted by molar-refractivity contribution is 5.98. The maximum Gasteiger partial charge on any atom is 0.170 e. The quantitative estimate of drug-likeness (QED) is 0.335. The number of rotatable bonds is 5. The summed E-state index contributed by atoms with van der Waals surface area (Å²) in [4.78, 5) is 4.12. The third-order valence-corrected chi connectivity index (χ3v) is 3.18. The molecule has 0 atom stereocenters. The monoisotopic (exact) mass is 270 g/mol. The van der Waals surface area contributed by atoms with Gasteiger partial charge >= 0.3 is 0 Å². The zero-order valence-corrected chi connectivity index (χ0v) is 11.4. The normalized spacial score (nSPS) is 11.6. The van der Waals surface area contributed by atoms with Gasteiger partial charge in [-0.25, -0.2) is 0 Å². The Bertz CT molecular complexity index is 610. The van der Waals surface area contributed by atoms with E-state index in [-0.39, 0.29) is 5.84 Å². The lowest BCUT2D eigenvalue weighted by molar-refractivity contribution is 0.318. The summed E-state index contributed by atoms with van der Waals surface area (Å²) in [5.74, 6) is 0.125. The van der Waals surface area contributed by atoms with Crippen LogP contribution >= 0.6 is 0 Å². The first-order valence-electron chi connectivity index (χ1n) is 6.38. The zero-order chi connectivity index (χ0) is 14.4. The molecule has 104 valence electrons. The molecule has 0 aliphatic rings. The Morgan fingerprint density at radius 3 is 2.75 bits per heavy atom. The molecule has 1 heterocycles. The summed E-state index contributed by atoms with van der Waals surface area (Å²) in [6.07, 6.45) is 3.64. The number of amidine groups is 1. The first kappa shape index (κ1) is 14.0. The summed E-state index contributed by atoms with van der Waals surface area (Å²) in [7, 11) is 0. The molecule has 0 fully saturated rings. The van der Waals surface area contributed by atoms with Crippen LogP contribution in [0.15, 0.2) is 47.9 Å². The average Bonchev–Trinajstić information content (AvgIpc) is 2.49. The number of oxime groups is 1. The van der Waals surface area contributed by atoms with Crippen LogP contribution in [0, 0.1) is 6.92 Å². The van der Waals surface area contributed by atoms with Crippen LogP contribution in [0.2, 0.25) is 0 Å². The van der Waals surface area contributed by atoms with Gasteiger partial charge in [0.25, 0.3) is 0 Å². The summed E-state index contributed by atoms with van der Waals surface area (Å²) in [6.45, 7) is 3.42. The zero-order valence-electron chi connectivity index (χ0n) is 11.4. The van der Waals surface area contributed by atoms with Crippen molar-refractivity contribution in [2.75, 3.05) is 0 Å². The molecule has 0 bridgehead atoms. The number of aryl methyl sites for hydroxylation is 1. The fourth-order valence-electron chi connectivity index (χ4n) is 1.99. The number of nitrogens with two attached hydrogens (primary N) is 1. The number of nitrogens with zero attached hydrogens (tertiary/aromatic N) is 2. The van der Waals surface area contributed by atoms with Crippen LogP contribution in [0.4, 0.5) is 0 Å². The smallest absolute Gasteiger partial charge is 0.170 e. The van der Waals surface area contributed by atoms with Crippen molar-refractivity contribution in [1.82, 2.24) is 10.3 Å². The minimum absolute atomic E-state index is 0.125. The minimum atomic E-state index is 0.125. The summed E-state index contributed by atoms with van der Waals surface area (Å²) in [5.41, 5.74) is 9.76. The van der Waals surface area contributed by atoms with Crippen LogP contribution in [0.5, 0.6) is 0 Å². The third kappa shape index (κ3) is 3.33. The standard InChI is InChI=1S/C15H18N4O/c1-11-6-7-17-9-13(11)10-18-8-12-4-2-3-5-14(12)15(16)19-20/h2-7,9,18,20H,8,10H2,1H3,(H2,16,19). The van der Waals surface area contributed by atoms with Gasteiger partial charge in [0.15, 0.2) is 5.84 Å². The molecular formula is C15H18N4O. The van der Waals surface area contributed by atoms with E-state index in [0.717, 1.165) is 23.2 Å². The molecule has 1 aromatic carbocycles. The van der Waals surface area contributed by atoms with Gasteiger partial charge in [0.1, 0.15) is 0 Å². The van der Waals surface area contributed by atoms with Gasteiger partial charge in [0, 0.05) is 31.0 Å². The second-order valence-corrected chi connectivity index (χ2v) is 4.55. The molecule has 0 saturated heterocycles. The highest BCUT2D eigenvalue weighted by Crippen LogP contribution is 2.09. The van der Waals surface area contributed by atoms with Gasteiger partial charge in [0.2, 0.25) is 0 Å². The molecule has 0 radical (unpaired) electrons. The molecule has 5 nitrogen and oxygen atoms in total. The van der Waals surface area contributed by atoms with Crippen molar-refractivity contribution in [3.8, 4) is 0 Å². The Morgan fingerprint density at radius 2 is 2.00 bits per heavy atom. The lowest BCUT2D eigenvalue weighted by atomic mass is 10.1. The van der Waals surface area contributed by atoms with Crippen LogP contribution in [0.3, 0.4) is 0 Å². The fraction of sp³-hybridized carbons (Fsp3) is 0.200. The van der Waals surface area contributed by atoms with Gasteiger partial charge in [-0.3, -0.25) is 4.98 Å². The Balaban J connectivity index is 2.03. The van der Waals surface area contributed by atoms with E-state index in [1.54, 1.807) is 6.20 Å². The number of pyridine rings is 1. The summed E-state index contributed by atoms with van der Waals surface area (Å²) < 4.78 is 0. The molecule has 2 rings (SSSR count). The van der Waals surface area contributed by atoms with Gasteiger partial charge in [-0.1, -0.05) is 29.4 Å². The number of benzene rings is 1. The lowest BCUT2D eigenvalue weighted by Gasteiger charge is -2.10. The van der Waals surface area contributed by atoms with E-state index in [1.165, 1.54) is 5.56 Å². The van der Waals surface area contributed by atoms with Crippen LogP contribution in [0.1, 0.15) is 22.3 Å². The first-order valence-corrected chi connectivity index (χ1v) is 6.38. The van der Waals surface area contributed by atoms with E-state index in [2.05, 4.69) is 22.4 Å². The van der Waals surface area contributed by atoms with Gasteiger partial charge in [-0.05, 0) is 29.7 Å². The van der Waals surface area contributed by atoms with Crippen LogP contribution in [-0.2, 0) is 13.1 Å². The van der Waals surface area contributed by atoms with Crippen LogP contribution in [-0.4, -0.2) is 16.0 Å². The summed E-state index contributed by atoms with van der Waals surface area (Å²) in [5, 5.41) is 15.2. The van der Waals surface area contributed by atoms with E-state index in [9.17, 15) is 0 Å². The molecule has 1 aromatic heterocycles. The van der Waals surface area contributed by atoms with Crippen molar-refractivity contribution in [3.05, 3.63) is 65.0 Å². The maximum atomic E-state index is 8.79. The molecule has 0 aliphatic carbocycles. The van der Waals surface area contributed by atoms with Crippen molar-refractivity contribution in [2.24, 2.45) is 10.9 Å². The largest absolute Gasteiger partial charge is 0.409 e. The molecule has 0 amide bonds. The highest BCUT2D eigenvalue weighted by Gasteiger charge is 2.06. The molecule has 0 spiro atoms. The van der Waals surface area contributed by atoms with E-state index in [1.807, 2.05) is 36.5 Å². The molecule has 20 heavy (non-hydrogen) atoms. The topological polar surface area (TPSA) is 83.5 Å². The SMILES string of the molecule is Cc1ccncc1CNCc1ccccc1/C(N)=N/O. The number of hydrogen-bond donors (Lipinski definition) is 3. The Hall–Kier alpha value is -2.40. The molecule has 2 aromatic rings. The third-order valence-electron chi connectivity index (χ3n) is 3.18. The van der Waals surface area contributed by atoms with Crippen molar-refractivity contribution >= 4 is 5.84 Å². The van der Waals surface area contributed by atoms with E-state index in [0.29, 0.717) is 6.54 Å². The average molecular weight is 270 g/mol.